The quantitative estimate of drug-likeness (QED) is 0.580. The largest absolute Gasteiger partial charge is 0.497 e. The molecular formula is C23H31N3O4S2. The predicted octanol–water partition coefficient (Wildman–Crippen LogP) is 2.09. The molecule has 2 saturated heterocycles. The molecule has 0 radical (unpaired) electrons. The molecule has 3 heterocycles. The molecule has 0 spiro atoms. The number of carbonyl (C=O) groups is 1. The van der Waals surface area contributed by atoms with Crippen LogP contribution in [0.15, 0.2) is 41.8 Å². The van der Waals surface area contributed by atoms with E-state index >= 15 is 0 Å². The predicted molar refractivity (Wildman–Crippen MR) is 127 cm³/mol. The average Bonchev–Trinajstić information content (AvgIpc) is 3.43. The van der Waals surface area contributed by atoms with Gasteiger partial charge in [0.1, 0.15) is 5.75 Å². The third-order valence-electron chi connectivity index (χ3n) is 6.26. The van der Waals surface area contributed by atoms with E-state index in [0.717, 1.165) is 43.4 Å². The fourth-order valence-electron chi connectivity index (χ4n) is 4.39. The minimum atomic E-state index is -3.05. The first-order valence-corrected chi connectivity index (χ1v) is 13.7. The Kier molecular flexibility index (Phi) is 7.50. The van der Waals surface area contributed by atoms with Gasteiger partial charge in [0.25, 0.3) is 0 Å². The Hall–Kier alpha value is -1.94. The molecule has 174 valence electrons. The van der Waals surface area contributed by atoms with Crippen LogP contribution in [0.1, 0.15) is 16.9 Å². The summed E-state index contributed by atoms with van der Waals surface area (Å²) in [6.07, 6.45) is 0.537. The van der Waals surface area contributed by atoms with Gasteiger partial charge in [-0.3, -0.25) is 14.6 Å². The van der Waals surface area contributed by atoms with Crippen molar-refractivity contribution in [3.05, 3.63) is 52.2 Å². The molecule has 7 nitrogen and oxygen atoms in total. The lowest BCUT2D eigenvalue weighted by molar-refractivity contribution is -0.135. The van der Waals surface area contributed by atoms with Crippen molar-refractivity contribution in [2.75, 3.05) is 51.3 Å². The van der Waals surface area contributed by atoms with Gasteiger partial charge in [-0.25, -0.2) is 8.42 Å². The summed E-state index contributed by atoms with van der Waals surface area (Å²) in [5.41, 5.74) is 1.25. The summed E-state index contributed by atoms with van der Waals surface area (Å²) in [6, 6.07) is 11.9. The van der Waals surface area contributed by atoms with Crippen molar-refractivity contribution in [1.29, 1.82) is 0 Å². The smallest absolute Gasteiger partial charge is 0.237 e. The van der Waals surface area contributed by atoms with E-state index in [4.69, 9.17) is 4.74 Å². The van der Waals surface area contributed by atoms with Crippen molar-refractivity contribution < 1.29 is 17.9 Å². The van der Waals surface area contributed by atoms with Crippen LogP contribution in [0.4, 0.5) is 0 Å². The minimum absolute atomic E-state index is 0.0316. The SMILES string of the molecule is COc1ccc(CN2CCN(CC(=O)N(Cc3cccs3)[C@H]3CCS(=O)(=O)C3)CC2)cc1. The number of ether oxygens (including phenoxy) is 1. The van der Waals surface area contributed by atoms with Crippen LogP contribution in [0.3, 0.4) is 0 Å². The summed E-state index contributed by atoms with van der Waals surface area (Å²) in [5.74, 6) is 1.15. The number of piperazine rings is 1. The van der Waals surface area contributed by atoms with Gasteiger partial charge in [0.05, 0.1) is 31.7 Å². The lowest BCUT2D eigenvalue weighted by Crippen LogP contribution is -2.51. The van der Waals surface area contributed by atoms with Gasteiger partial charge in [-0.1, -0.05) is 18.2 Å². The molecule has 4 rings (SSSR count). The highest BCUT2D eigenvalue weighted by atomic mass is 32.2. The van der Waals surface area contributed by atoms with E-state index in [1.165, 1.54) is 5.56 Å². The van der Waals surface area contributed by atoms with E-state index in [-0.39, 0.29) is 23.5 Å². The topological polar surface area (TPSA) is 70.2 Å². The van der Waals surface area contributed by atoms with E-state index in [1.54, 1.807) is 23.3 Å². The summed E-state index contributed by atoms with van der Waals surface area (Å²) in [6.45, 7) is 5.20. The number of carbonyl (C=O) groups excluding carboxylic acids is 1. The van der Waals surface area contributed by atoms with Crippen molar-refractivity contribution in [2.24, 2.45) is 0 Å². The van der Waals surface area contributed by atoms with Gasteiger partial charge in [0.2, 0.25) is 5.91 Å². The van der Waals surface area contributed by atoms with E-state index in [0.29, 0.717) is 19.5 Å². The molecule has 1 aromatic heterocycles. The highest BCUT2D eigenvalue weighted by Crippen LogP contribution is 2.22. The maximum absolute atomic E-state index is 13.2. The third-order valence-corrected chi connectivity index (χ3v) is 8.88. The summed E-state index contributed by atoms with van der Waals surface area (Å²) >= 11 is 1.61. The number of hydrogen-bond acceptors (Lipinski definition) is 7. The first-order valence-electron chi connectivity index (χ1n) is 11.0. The molecule has 1 aromatic carbocycles. The maximum Gasteiger partial charge on any atom is 0.237 e. The number of rotatable bonds is 8. The Morgan fingerprint density at radius 2 is 1.84 bits per heavy atom. The standard InChI is InChI=1S/C23H31N3O4S2/c1-30-21-6-4-19(5-7-21)15-24-9-11-25(12-10-24)17-23(27)26(16-22-3-2-13-31-22)20-8-14-32(28,29)18-20/h2-7,13,20H,8-12,14-18H2,1H3/t20-/m0/s1. The Morgan fingerprint density at radius 1 is 1.12 bits per heavy atom. The van der Waals surface area contributed by atoms with E-state index in [9.17, 15) is 13.2 Å². The molecule has 2 aromatic rings. The fourth-order valence-corrected chi connectivity index (χ4v) is 6.82. The number of methoxy groups -OCH3 is 1. The van der Waals surface area contributed by atoms with E-state index < -0.39 is 9.84 Å². The van der Waals surface area contributed by atoms with Crippen molar-refractivity contribution in [1.82, 2.24) is 14.7 Å². The second-order valence-corrected chi connectivity index (χ2v) is 11.8. The number of benzene rings is 1. The maximum atomic E-state index is 13.2. The number of thiophene rings is 1. The molecule has 2 fully saturated rings. The zero-order chi connectivity index (χ0) is 22.6. The number of hydrogen-bond donors (Lipinski definition) is 0. The Bertz CT molecular complexity index is 985. The van der Waals surface area contributed by atoms with Crippen LogP contribution in [0.25, 0.3) is 0 Å². The highest BCUT2D eigenvalue weighted by molar-refractivity contribution is 7.91. The van der Waals surface area contributed by atoms with Crippen molar-refractivity contribution in [3.63, 3.8) is 0 Å². The van der Waals surface area contributed by atoms with Crippen LogP contribution in [-0.2, 0) is 27.7 Å². The van der Waals surface area contributed by atoms with Crippen LogP contribution in [-0.4, -0.2) is 86.4 Å². The molecule has 0 N–H and O–H groups in total. The minimum Gasteiger partial charge on any atom is -0.497 e. The van der Waals surface area contributed by atoms with Crippen LogP contribution >= 0.6 is 11.3 Å². The molecule has 0 saturated carbocycles. The summed E-state index contributed by atoms with van der Waals surface area (Å²) < 4.78 is 29.3. The van der Waals surface area contributed by atoms with Crippen molar-refractivity contribution in [2.45, 2.75) is 25.6 Å². The highest BCUT2D eigenvalue weighted by Gasteiger charge is 2.35. The lowest BCUT2D eigenvalue weighted by Gasteiger charge is -2.36. The third kappa shape index (κ3) is 6.10. The van der Waals surface area contributed by atoms with Crippen LogP contribution in [0.2, 0.25) is 0 Å². The fraction of sp³-hybridized carbons (Fsp3) is 0.522. The molecular weight excluding hydrogens is 446 g/mol. The molecule has 1 amide bonds. The zero-order valence-electron chi connectivity index (χ0n) is 18.5. The van der Waals surface area contributed by atoms with Gasteiger partial charge in [0.15, 0.2) is 9.84 Å². The molecule has 32 heavy (non-hydrogen) atoms. The molecule has 2 aliphatic heterocycles. The zero-order valence-corrected chi connectivity index (χ0v) is 20.1. The molecule has 0 bridgehead atoms. The second kappa shape index (κ2) is 10.3. The second-order valence-electron chi connectivity index (χ2n) is 8.56. The van der Waals surface area contributed by atoms with Crippen LogP contribution < -0.4 is 4.74 Å². The average molecular weight is 478 g/mol. The van der Waals surface area contributed by atoms with E-state index in [1.807, 2.05) is 29.6 Å². The molecule has 9 heteroatoms. The Morgan fingerprint density at radius 3 is 2.44 bits per heavy atom. The Labute approximate surface area is 194 Å². The lowest BCUT2D eigenvalue weighted by atomic mass is 10.2. The van der Waals surface area contributed by atoms with Gasteiger partial charge >= 0.3 is 0 Å². The number of nitrogens with zero attached hydrogens (tertiary/aromatic N) is 3. The van der Waals surface area contributed by atoms with Gasteiger partial charge in [0, 0.05) is 43.6 Å². The van der Waals surface area contributed by atoms with Gasteiger partial charge in [-0.2, -0.15) is 0 Å². The number of sulfone groups is 1. The Balaban J connectivity index is 1.31. The van der Waals surface area contributed by atoms with E-state index in [2.05, 4.69) is 21.9 Å². The van der Waals surface area contributed by atoms with Crippen LogP contribution in [0, 0.1) is 0 Å². The normalized spacial score (nSPS) is 21.5. The summed E-state index contributed by atoms with van der Waals surface area (Å²) in [4.78, 5) is 20.7. The first kappa shape index (κ1) is 23.2. The first-order chi connectivity index (χ1) is 15.4. The van der Waals surface area contributed by atoms with Gasteiger partial charge in [-0.15, -0.1) is 11.3 Å². The molecule has 0 unspecified atom stereocenters. The van der Waals surface area contributed by atoms with Crippen molar-refractivity contribution in [3.8, 4) is 5.75 Å². The van der Waals surface area contributed by atoms with Gasteiger partial charge < -0.3 is 9.64 Å². The van der Waals surface area contributed by atoms with Gasteiger partial charge in [-0.05, 0) is 35.6 Å². The number of amides is 1. The monoisotopic (exact) mass is 477 g/mol. The summed E-state index contributed by atoms with van der Waals surface area (Å²) in [5, 5.41) is 1.99. The molecule has 0 aliphatic carbocycles. The van der Waals surface area contributed by atoms with Crippen molar-refractivity contribution >= 4 is 27.1 Å². The van der Waals surface area contributed by atoms with Crippen LogP contribution in [0.5, 0.6) is 5.75 Å². The summed E-state index contributed by atoms with van der Waals surface area (Å²) in [7, 11) is -1.38. The molecule has 1 atom stereocenters. The molecule has 2 aliphatic rings.